The van der Waals surface area contributed by atoms with Crippen LogP contribution in [0.25, 0.3) is 0 Å². The molecule has 0 aromatic carbocycles. The van der Waals surface area contributed by atoms with E-state index in [1.165, 1.54) is 6.33 Å². The number of nitrogens with zero attached hydrogens (tertiary/aromatic N) is 3. The molecule has 4 N–H and O–H groups in total. The fourth-order valence-electron chi connectivity index (χ4n) is 2.09. The molecule has 19 heavy (non-hydrogen) atoms. The maximum Gasteiger partial charge on any atom is 0.304 e. The lowest BCUT2D eigenvalue weighted by Gasteiger charge is -2.35. The van der Waals surface area contributed by atoms with Crippen LogP contribution in [0.2, 0.25) is 0 Å². The third kappa shape index (κ3) is 3.22. The van der Waals surface area contributed by atoms with Gasteiger partial charge in [-0.05, 0) is 0 Å². The molecular weight excluding hydrogens is 250 g/mol. The molecule has 0 radical (unpaired) electrons. The van der Waals surface area contributed by atoms with Gasteiger partial charge in [0.05, 0.1) is 12.7 Å². The third-order valence-electron chi connectivity index (χ3n) is 3.18. The van der Waals surface area contributed by atoms with Crippen LogP contribution in [-0.4, -0.2) is 58.7 Å². The lowest BCUT2D eigenvalue weighted by Crippen LogP contribution is -2.47. The summed E-state index contributed by atoms with van der Waals surface area (Å²) < 4.78 is 0. The van der Waals surface area contributed by atoms with Crippen molar-refractivity contribution >= 4 is 17.5 Å². The Kier molecular flexibility index (Phi) is 4.00. The summed E-state index contributed by atoms with van der Waals surface area (Å²) in [5, 5.41) is 8.64. The Morgan fingerprint density at radius 2 is 2.11 bits per heavy atom. The molecule has 2 heterocycles. The highest BCUT2D eigenvalue weighted by Crippen LogP contribution is 2.17. The van der Waals surface area contributed by atoms with E-state index in [2.05, 4.69) is 14.9 Å². The largest absolute Gasteiger partial charge is 0.481 e. The minimum atomic E-state index is -0.789. The highest BCUT2D eigenvalue weighted by atomic mass is 16.4. The van der Waals surface area contributed by atoms with Gasteiger partial charge in [-0.1, -0.05) is 0 Å². The van der Waals surface area contributed by atoms with Crippen LogP contribution in [-0.2, 0) is 4.79 Å². The molecule has 1 saturated heterocycles. The van der Waals surface area contributed by atoms with Crippen molar-refractivity contribution in [2.24, 2.45) is 0 Å². The smallest absolute Gasteiger partial charge is 0.304 e. The van der Waals surface area contributed by atoms with Gasteiger partial charge in [0, 0.05) is 32.7 Å². The molecule has 1 aliphatic heterocycles. The number of anilines is 2. The first kappa shape index (κ1) is 13.3. The molecule has 8 heteroatoms. The fraction of sp³-hybridized carbons (Fsp3) is 0.545. The Labute approximate surface area is 109 Å². The van der Waals surface area contributed by atoms with E-state index in [0.29, 0.717) is 25.5 Å². The number of hydrogen-bond donors (Lipinski definition) is 3. The molecule has 1 aromatic heterocycles. The van der Waals surface area contributed by atoms with Gasteiger partial charge in [-0.2, -0.15) is 0 Å². The van der Waals surface area contributed by atoms with Crippen LogP contribution in [0.15, 0.2) is 11.1 Å². The predicted octanol–water partition coefficient (Wildman–Crippen LogP) is -1.05. The first-order chi connectivity index (χ1) is 9.08. The molecule has 0 aliphatic carbocycles. The Hall–Kier alpha value is -2.09. The second-order valence-electron chi connectivity index (χ2n) is 4.44. The number of aliphatic carboxylic acids is 1. The van der Waals surface area contributed by atoms with Crippen molar-refractivity contribution in [2.45, 2.75) is 6.42 Å². The third-order valence-corrected chi connectivity index (χ3v) is 3.18. The second kappa shape index (κ2) is 5.70. The van der Waals surface area contributed by atoms with Gasteiger partial charge in [0.15, 0.2) is 5.82 Å². The summed E-state index contributed by atoms with van der Waals surface area (Å²) in [4.78, 5) is 32.5. The van der Waals surface area contributed by atoms with E-state index in [1.54, 1.807) is 0 Å². The van der Waals surface area contributed by atoms with E-state index in [9.17, 15) is 9.59 Å². The number of carbonyl (C=O) groups is 1. The number of hydrogen-bond acceptors (Lipinski definition) is 6. The van der Waals surface area contributed by atoms with Gasteiger partial charge in [0.25, 0.3) is 5.56 Å². The molecule has 0 spiro atoms. The van der Waals surface area contributed by atoms with Gasteiger partial charge in [-0.25, -0.2) is 4.98 Å². The Balaban J connectivity index is 1.94. The van der Waals surface area contributed by atoms with Crippen molar-refractivity contribution in [3.05, 3.63) is 16.7 Å². The number of aromatic amines is 1. The summed E-state index contributed by atoms with van der Waals surface area (Å²) in [6.45, 7) is 3.38. The molecule has 0 saturated carbocycles. The van der Waals surface area contributed by atoms with Crippen LogP contribution in [0.5, 0.6) is 0 Å². The van der Waals surface area contributed by atoms with Gasteiger partial charge in [-0.3, -0.25) is 14.5 Å². The molecule has 1 fully saturated rings. The molecule has 1 aromatic rings. The Morgan fingerprint density at radius 3 is 2.74 bits per heavy atom. The molecule has 8 nitrogen and oxygen atoms in total. The highest BCUT2D eigenvalue weighted by Gasteiger charge is 2.20. The lowest BCUT2D eigenvalue weighted by molar-refractivity contribution is -0.137. The average molecular weight is 267 g/mol. The Morgan fingerprint density at radius 1 is 1.42 bits per heavy atom. The van der Waals surface area contributed by atoms with Gasteiger partial charge in [0.2, 0.25) is 0 Å². The monoisotopic (exact) mass is 267 g/mol. The number of rotatable bonds is 4. The first-order valence-corrected chi connectivity index (χ1v) is 6.10. The zero-order chi connectivity index (χ0) is 13.8. The number of nitrogens with one attached hydrogen (secondary N) is 1. The summed E-state index contributed by atoms with van der Waals surface area (Å²) in [6, 6.07) is 0. The van der Waals surface area contributed by atoms with Crippen molar-refractivity contribution < 1.29 is 9.90 Å². The van der Waals surface area contributed by atoms with E-state index in [-0.39, 0.29) is 17.7 Å². The van der Waals surface area contributed by atoms with E-state index in [4.69, 9.17) is 10.8 Å². The zero-order valence-electron chi connectivity index (χ0n) is 10.5. The molecule has 104 valence electrons. The van der Waals surface area contributed by atoms with Crippen LogP contribution >= 0.6 is 0 Å². The number of carboxylic acid groups (broad SMARTS) is 1. The number of nitrogens with two attached hydrogens (primary N) is 1. The van der Waals surface area contributed by atoms with E-state index in [1.807, 2.05) is 4.90 Å². The minimum absolute atomic E-state index is 0.126. The quantitative estimate of drug-likeness (QED) is 0.637. The lowest BCUT2D eigenvalue weighted by atomic mass is 10.2. The maximum absolute atomic E-state index is 11.4. The maximum atomic E-state index is 11.4. The first-order valence-electron chi connectivity index (χ1n) is 6.10. The minimum Gasteiger partial charge on any atom is -0.481 e. The Bertz CT molecular complexity index is 507. The van der Waals surface area contributed by atoms with Crippen LogP contribution in [0.1, 0.15) is 6.42 Å². The zero-order valence-corrected chi connectivity index (χ0v) is 10.5. The second-order valence-corrected chi connectivity index (χ2v) is 4.44. The molecule has 1 aliphatic rings. The van der Waals surface area contributed by atoms with E-state index >= 15 is 0 Å². The van der Waals surface area contributed by atoms with Gasteiger partial charge < -0.3 is 20.7 Å². The van der Waals surface area contributed by atoms with E-state index < -0.39 is 5.97 Å². The molecule has 0 atom stereocenters. The number of carboxylic acids is 1. The molecule has 0 amide bonds. The van der Waals surface area contributed by atoms with Crippen molar-refractivity contribution in [1.29, 1.82) is 0 Å². The normalized spacial score (nSPS) is 16.5. The molecule has 0 unspecified atom stereocenters. The van der Waals surface area contributed by atoms with Gasteiger partial charge in [-0.15, -0.1) is 0 Å². The van der Waals surface area contributed by atoms with Crippen molar-refractivity contribution in [2.75, 3.05) is 43.4 Å². The van der Waals surface area contributed by atoms with Gasteiger partial charge >= 0.3 is 5.97 Å². The standard InChI is InChI=1S/C11H17N5O3/c12-9-10(13-7-14-11(9)19)16-5-3-15(4-6-16)2-1-8(17)18/h7H,1-6,12H2,(H,17,18)(H,13,14,19). The highest BCUT2D eigenvalue weighted by molar-refractivity contribution is 5.66. The summed E-state index contributed by atoms with van der Waals surface area (Å²) in [7, 11) is 0. The van der Waals surface area contributed by atoms with E-state index in [0.717, 1.165) is 13.1 Å². The summed E-state index contributed by atoms with van der Waals surface area (Å²) >= 11 is 0. The van der Waals surface area contributed by atoms with Crippen molar-refractivity contribution in [3.8, 4) is 0 Å². The topological polar surface area (TPSA) is 116 Å². The van der Waals surface area contributed by atoms with Gasteiger partial charge in [0.1, 0.15) is 5.69 Å². The number of aromatic nitrogens is 2. The number of piperazine rings is 1. The van der Waals surface area contributed by atoms with Crippen molar-refractivity contribution in [3.63, 3.8) is 0 Å². The van der Waals surface area contributed by atoms with Crippen LogP contribution in [0.3, 0.4) is 0 Å². The van der Waals surface area contributed by atoms with Crippen molar-refractivity contribution in [1.82, 2.24) is 14.9 Å². The summed E-state index contributed by atoms with van der Waals surface area (Å²) in [5.41, 5.74) is 5.50. The summed E-state index contributed by atoms with van der Waals surface area (Å²) in [6.07, 6.45) is 1.48. The predicted molar refractivity (Wildman–Crippen MR) is 70.2 cm³/mol. The molecule has 2 rings (SSSR count). The number of nitrogen functional groups attached to an aromatic ring is 1. The van der Waals surface area contributed by atoms with Crippen LogP contribution in [0, 0.1) is 0 Å². The average Bonchev–Trinajstić information content (AvgIpc) is 2.40. The molecule has 0 bridgehead atoms. The molecular formula is C11H17N5O3. The SMILES string of the molecule is Nc1c(N2CCN(CCC(=O)O)CC2)nc[nH]c1=O. The van der Waals surface area contributed by atoms with Crippen LogP contribution < -0.4 is 16.2 Å². The number of H-pyrrole nitrogens is 1. The fourth-order valence-corrected chi connectivity index (χ4v) is 2.09. The van der Waals surface area contributed by atoms with Crippen LogP contribution in [0.4, 0.5) is 11.5 Å². The summed E-state index contributed by atoms with van der Waals surface area (Å²) in [5.74, 6) is -0.287.